The summed E-state index contributed by atoms with van der Waals surface area (Å²) in [4.78, 5) is 2.35. The number of likely N-dealkylation sites (tertiary alicyclic amines) is 1. The summed E-state index contributed by atoms with van der Waals surface area (Å²) in [5, 5.41) is 11.0. The molecule has 3 atom stereocenters. The van der Waals surface area contributed by atoms with Gasteiger partial charge in [0.05, 0.1) is 5.60 Å². The molecule has 0 amide bonds. The number of hydrogen-bond acceptors (Lipinski definition) is 2. The molecule has 0 bridgehead atoms. The van der Waals surface area contributed by atoms with E-state index in [0.717, 1.165) is 25.8 Å². The minimum absolute atomic E-state index is 0.319. The first-order chi connectivity index (χ1) is 8.94. The zero-order chi connectivity index (χ0) is 14.0. The minimum atomic E-state index is -0.556. The molecule has 0 aromatic heterocycles. The lowest BCUT2D eigenvalue weighted by Crippen LogP contribution is -2.54. The summed E-state index contributed by atoms with van der Waals surface area (Å²) < 4.78 is 0. The van der Waals surface area contributed by atoms with Crippen molar-refractivity contribution in [3.05, 3.63) is 35.4 Å². The largest absolute Gasteiger partial charge is 0.389 e. The van der Waals surface area contributed by atoms with E-state index in [1.165, 1.54) is 11.1 Å². The third kappa shape index (κ3) is 3.18. The Kier molecular flexibility index (Phi) is 4.32. The van der Waals surface area contributed by atoms with E-state index >= 15 is 0 Å². The molecule has 1 aromatic carbocycles. The van der Waals surface area contributed by atoms with Crippen LogP contribution in [0.4, 0.5) is 0 Å². The van der Waals surface area contributed by atoms with Gasteiger partial charge in [0.15, 0.2) is 0 Å². The van der Waals surface area contributed by atoms with E-state index in [1.54, 1.807) is 0 Å². The van der Waals surface area contributed by atoms with E-state index in [4.69, 9.17) is 0 Å². The van der Waals surface area contributed by atoms with Gasteiger partial charge in [0.1, 0.15) is 0 Å². The Morgan fingerprint density at radius 1 is 1.21 bits per heavy atom. The summed E-state index contributed by atoms with van der Waals surface area (Å²) in [5.74, 6) is 0.319. The highest BCUT2D eigenvalue weighted by atomic mass is 16.3. The topological polar surface area (TPSA) is 23.5 Å². The monoisotopic (exact) mass is 261 g/mol. The third-order valence-electron chi connectivity index (χ3n) is 4.82. The minimum Gasteiger partial charge on any atom is -0.389 e. The van der Waals surface area contributed by atoms with Gasteiger partial charge in [-0.05, 0) is 43.9 Å². The van der Waals surface area contributed by atoms with Crippen molar-refractivity contribution in [2.45, 2.75) is 51.7 Å². The molecule has 1 heterocycles. The fourth-order valence-electron chi connectivity index (χ4n) is 3.14. The van der Waals surface area contributed by atoms with Crippen molar-refractivity contribution in [1.82, 2.24) is 4.90 Å². The van der Waals surface area contributed by atoms with Crippen molar-refractivity contribution in [2.24, 2.45) is 5.92 Å². The molecule has 1 N–H and O–H groups in total. The van der Waals surface area contributed by atoms with Crippen molar-refractivity contribution >= 4 is 0 Å². The lowest BCUT2D eigenvalue weighted by molar-refractivity contribution is -0.0778. The second-order valence-corrected chi connectivity index (χ2v) is 6.34. The fraction of sp³-hybridized carbons (Fsp3) is 0.647. The molecule has 1 fully saturated rings. The number of benzene rings is 1. The summed E-state index contributed by atoms with van der Waals surface area (Å²) >= 11 is 0. The zero-order valence-corrected chi connectivity index (χ0v) is 12.7. The van der Waals surface area contributed by atoms with Gasteiger partial charge in [0.25, 0.3) is 0 Å². The number of aryl methyl sites for hydroxylation is 1. The Morgan fingerprint density at radius 3 is 2.37 bits per heavy atom. The van der Waals surface area contributed by atoms with E-state index in [1.807, 2.05) is 0 Å². The van der Waals surface area contributed by atoms with Gasteiger partial charge in [-0.15, -0.1) is 0 Å². The smallest absolute Gasteiger partial charge is 0.0740 e. The Bertz CT molecular complexity index is 414. The van der Waals surface area contributed by atoms with Gasteiger partial charge in [-0.3, -0.25) is 0 Å². The quantitative estimate of drug-likeness (QED) is 0.904. The van der Waals surface area contributed by atoms with Crippen LogP contribution in [0.1, 0.15) is 38.3 Å². The first kappa shape index (κ1) is 14.5. The highest BCUT2D eigenvalue weighted by molar-refractivity contribution is 5.24. The van der Waals surface area contributed by atoms with Crippen LogP contribution in [0.15, 0.2) is 24.3 Å². The predicted octanol–water partition coefficient (Wildman–Crippen LogP) is 2.88. The molecule has 0 spiro atoms. The lowest BCUT2D eigenvalue weighted by Gasteiger charge is -2.46. The van der Waals surface area contributed by atoms with E-state index in [-0.39, 0.29) is 0 Å². The molecule has 1 aliphatic heterocycles. The van der Waals surface area contributed by atoms with Crippen molar-refractivity contribution in [3.8, 4) is 0 Å². The van der Waals surface area contributed by atoms with Crippen LogP contribution in [0, 0.1) is 5.92 Å². The van der Waals surface area contributed by atoms with Crippen LogP contribution in [0.5, 0.6) is 0 Å². The van der Waals surface area contributed by atoms with Crippen LogP contribution in [-0.2, 0) is 12.8 Å². The van der Waals surface area contributed by atoms with E-state index in [9.17, 15) is 5.11 Å². The summed E-state index contributed by atoms with van der Waals surface area (Å²) in [7, 11) is 2.15. The first-order valence-electron chi connectivity index (χ1n) is 7.45. The van der Waals surface area contributed by atoms with Crippen molar-refractivity contribution in [3.63, 3.8) is 0 Å². The fourth-order valence-corrected chi connectivity index (χ4v) is 3.14. The Balaban J connectivity index is 2.11. The average Bonchev–Trinajstić information content (AvgIpc) is 2.37. The number of hydrogen-bond donors (Lipinski definition) is 1. The predicted molar refractivity (Wildman–Crippen MR) is 80.3 cm³/mol. The summed E-state index contributed by atoms with van der Waals surface area (Å²) in [6, 6.07) is 9.17. The van der Waals surface area contributed by atoms with Crippen molar-refractivity contribution in [2.75, 3.05) is 13.6 Å². The van der Waals surface area contributed by atoms with Gasteiger partial charge >= 0.3 is 0 Å². The Hall–Kier alpha value is -0.860. The molecular formula is C17H27NO. The maximum Gasteiger partial charge on any atom is 0.0740 e. The third-order valence-corrected chi connectivity index (χ3v) is 4.82. The molecule has 1 saturated heterocycles. The maximum atomic E-state index is 11.0. The normalized spacial score (nSPS) is 32.5. The first-order valence-corrected chi connectivity index (χ1v) is 7.45. The highest BCUT2D eigenvalue weighted by Gasteiger charge is 2.40. The van der Waals surface area contributed by atoms with Crippen LogP contribution < -0.4 is 0 Å². The Labute approximate surface area is 117 Å². The van der Waals surface area contributed by atoms with Crippen molar-refractivity contribution in [1.29, 1.82) is 0 Å². The van der Waals surface area contributed by atoms with Crippen molar-refractivity contribution < 1.29 is 5.11 Å². The Morgan fingerprint density at radius 2 is 1.79 bits per heavy atom. The van der Waals surface area contributed by atoms with Crippen LogP contribution >= 0.6 is 0 Å². The van der Waals surface area contributed by atoms with Crippen LogP contribution in [-0.4, -0.2) is 35.2 Å². The van der Waals surface area contributed by atoms with Gasteiger partial charge in [-0.25, -0.2) is 0 Å². The van der Waals surface area contributed by atoms with Gasteiger partial charge in [0, 0.05) is 19.0 Å². The molecule has 2 heteroatoms. The molecule has 0 aliphatic carbocycles. The molecule has 1 aliphatic rings. The molecule has 1 aromatic rings. The summed E-state index contributed by atoms with van der Waals surface area (Å²) in [5.41, 5.74) is 2.06. The maximum absolute atomic E-state index is 11.0. The summed E-state index contributed by atoms with van der Waals surface area (Å²) in [6.45, 7) is 7.52. The summed E-state index contributed by atoms with van der Waals surface area (Å²) in [6.07, 6.45) is 2.71. The standard InChI is InChI=1S/C17H27NO/c1-5-15-6-8-16(9-7-15)11-17(19)10-14(3)18(4)12-13(17)2/h6-9,13-14,19H,5,10-12H2,1-4H3/t13-,14-,17+/m0/s1. The molecule has 0 saturated carbocycles. The lowest BCUT2D eigenvalue weighted by atomic mass is 9.75. The van der Waals surface area contributed by atoms with Crippen LogP contribution in [0.25, 0.3) is 0 Å². The van der Waals surface area contributed by atoms with Crippen LogP contribution in [0.3, 0.4) is 0 Å². The second-order valence-electron chi connectivity index (χ2n) is 6.34. The van der Waals surface area contributed by atoms with E-state index < -0.39 is 5.60 Å². The number of nitrogens with zero attached hydrogens (tertiary/aromatic N) is 1. The van der Waals surface area contributed by atoms with Gasteiger partial charge < -0.3 is 10.0 Å². The van der Waals surface area contributed by atoms with E-state index in [0.29, 0.717) is 12.0 Å². The molecule has 2 nitrogen and oxygen atoms in total. The molecule has 19 heavy (non-hydrogen) atoms. The van der Waals surface area contributed by atoms with Crippen LogP contribution in [0.2, 0.25) is 0 Å². The molecule has 0 unspecified atom stereocenters. The number of piperidine rings is 1. The molecular weight excluding hydrogens is 234 g/mol. The van der Waals surface area contributed by atoms with Gasteiger partial charge in [-0.2, -0.15) is 0 Å². The molecule has 106 valence electrons. The molecule has 2 rings (SSSR count). The van der Waals surface area contributed by atoms with Gasteiger partial charge in [0.2, 0.25) is 0 Å². The number of aliphatic hydroxyl groups is 1. The van der Waals surface area contributed by atoms with Gasteiger partial charge in [-0.1, -0.05) is 38.1 Å². The highest BCUT2D eigenvalue weighted by Crippen LogP contribution is 2.33. The SMILES string of the molecule is CCc1ccc(C[C@]2(O)C[C@H](C)N(C)C[C@@H]2C)cc1. The second kappa shape index (κ2) is 5.64. The molecule has 0 radical (unpaired) electrons. The zero-order valence-electron chi connectivity index (χ0n) is 12.7. The van der Waals surface area contributed by atoms with E-state index in [2.05, 4.69) is 57.0 Å². The number of rotatable bonds is 3. The average molecular weight is 261 g/mol.